The summed E-state index contributed by atoms with van der Waals surface area (Å²) >= 11 is 0. The van der Waals surface area contributed by atoms with Crippen LogP contribution in [0.5, 0.6) is 0 Å². The third-order valence-electron chi connectivity index (χ3n) is 0.707. The van der Waals surface area contributed by atoms with Crippen molar-refractivity contribution in [3.8, 4) is 0 Å². The summed E-state index contributed by atoms with van der Waals surface area (Å²) < 4.78 is 0. The van der Waals surface area contributed by atoms with Gasteiger partial charge in [-0.15, -0.1) is 0 Å². The smallest absolute Gasteiger partial charge is 0 e. The van der Waals surface area contributed by atoms with Crippen LogP contribution < -0.4 is 0 Å². The second-order valence-corrected chi connectivity index (χ2v) is 2.90. The summed E-state index contributed by atoms with van der Waals surface area (Å²) in [6.07, 6.45) is 1.22. The van der Waals surface area contributed by atoms with Gasteiger partial charge in [0.15, 0.2) is 0 Å². The Balaban J connectivity index is -0.0000000300. The van der Waals surface area contributed by atoms with Crippen LogP contribution in [0.15, 0.2) is 0 Å². The van der Waals surface area contributed by atoms with Gasteiger partial charge in [0.2, 0.25) is 0 Å². The maximum atomic E-state index is 3.50. The summed E-state index contributed by atoms with van der Waals surface area (Å²) in [5.41, 5.74) is 0. The molecule has 0 fully saturated rings. The first kappa shape index (κ1) is 29.6. The van der Waals surface area contributed by atoms with Crippen molar-refractivity contribution in [1.29, 1.82) is 0 Å². The molecule has 0 saturated carbocycles. The van der Waals surface area contributed by atoms with E-state index in [0.717, 1.165) is 0 Å². The molecular formula is C11H29N3Ta-4. The molecule has 0 bridgehead atoms. The second-order valence-electron chi connectivity index (χ2n) is 2.90. The van der Waals surface area contributed by atoms with E-state index in [-0.39, 0.29) is 22.4 Å². The number of rotatable bonds is 1. The zero-order valence-electron chi connectivity index (χ0n) is 12.0. The third-order valence-corrected chi connectivity index (χ3v) is 0.707. The van der Waals surface area contributed by atoms with Gasteiger partial charge in [-0.2, -0.15) is 62.6 Å². The molecule has 97 valence electrons. The zero-order chi connectivity index (χ0) is 12.4. The van der Waals surface area contributed by atoms with Crippen LogP contribution >= 0.6 is 0 Å². The molecule has 0 aliphatic heterocycles. The van der Waals surface area contributed by atoms with Crippen molar-refractivity contribution < 1.29 is 22.4 Å². The first-order valence-corrected chi connectivity index (χ1v) is 4.74. The topological polar surface area (TPSA) is 42.3 Å². The second kappa shape index (κ2) is 46.7. The standard InChI is InChI=1S/C5H11.3C2H6N.Ta/c1-4-5(2)3;3*1-3-2;/h4H2,1-3H3;3*1-2H3;/q4*-1;. The minimum atomic E-state index is 0. The van der Waals surface area contributed by atoms with Crippen molar-refractivity contribution in [2.75, 3.05) is 42.3 Å². The van der Waals surface area contributed by atoms with E-state index in [1.807, 2.05) is 0 Å². The normalized spacial score (nSPS) is 6.80. The van der Waals surface area contributed by atoms with Gasteiger partial charge in [0.25, 0.3) is 0 Å². The molecule has 15 heavy (non-hydrogen) atoms. The summed E-state index contributed by atoms with van der Waals surface area (Å²) in [5, 5.41) is 10.5. The molecule has 1 radical (unpaired) electrons. The first-order chi connectivity index (χ1) is 6.51. The van der Waals surface area contributed by atoms with Crippen molar-refractivity contribution in [2.45, 2.75) is 27.2 Å². The van der Waals surface area contributed by atoms with E-state index in [0.29, 0.717) is 0 Å². The predicted molar refractivity (Wildman–Crippen MR) is 70.5 cm³/mol. The molecule has 0 aromatic heterocycles. The van der Waals surface area contributed by atoms with E-state index in [1.54, 1.807) is 42.3 Å². The number of hydrogen-bond donors (Lipinski definition) is 0. The van der Waals surface area contributed by atoms with Crippen LogP contribution in [-0.4, -0.2) is 42.3 Å². The minimum Gasteiger partial charge on any atom is -0.668 e. The summed E-state index contributed by atoms with van der Waals surface area (Å²) in [6.45, 7) is 6.44. The van der Waals surface area contributed by atoms with Gasteiger partial charge in [-0.1, -0.05) is 6.92 Å². The largest absolute Gasteiger partial charge is 0.668 e. The Hall–Kier alpha value is 0.620. The van der Waals surface area contributed by atoms with Gasteiger partial charge >= 0.3 is 0 Å². The molecule has 0 N–H and O–H groups in total. The molecular weight excluding hydrogens is 355 g/mol. The van der Waals surface area contributed by atoms with Gasteiger partial charge in [-0.05, 0) is 0 Å². The average molecular weight is 384 g/mol. The van der Waals surface area contributed by atoms with E-state index in [4.69, 9.17) is 0 Å². The van der Waals surface area contributed by atoms with Gasteiger partial charge in [0.05, 0.1) is 0 Å². The van der Waals surface area contributed by atoms with Crippen LogP contribution in [0.25, 0.3) is 16.0 Å². The van der Waals surface area contributed by atoms with Gasteiger partial charge in [0, 0.05) is 22.4 Å². The van der Waals surface area contributed by atoms with Crippen LogP contribution in [0, 0.1) is 5.92 Å². The van der Waals surface area contributed by atoms with E-state index in [2.05, 4.69) is 36.7 Å². The average Bonchev–Trinajstić information content (AvgIpc) is 2.08. The molecule has 0 aliphatic rings. The maximum Gasteiger partial charge on any atom is 0 e. The molecule has 0 saturated heterocycles. The fraction of sp³-hybridized carbons (Fsp3) is 0.909. The van der Waals surface area contributed by atoms with Crippen LogP contribution in [0.3, 0.4) is 0 Å². The summed E-state index contributed by atoms with van der Waals surface area (Å²) in [5.74, 6) is 1.50. The molecule has 0 atom stereocenters. The van der Waals surface area contributed by atoms with Crippen LogP contribution in [0.4, 0.5) is 0 Å². The molecule has 4 heteroatoms. The summed E-state index contributed by atoms with van der Waals surface area (Å²) in [6, 6.07) is 0. The monoisotopic (exact) mass is 384 g/mol. The molecule has 0 aromatic rings. The first-order valence-electron chi connectivity index (χ1n) is 4.74. The quantitative estimate of drug-likeness (QED) is 0.616. The van der Waals surface area contributed by atoms with Crippen molar-refractivity contribution in [1.82, 2.24) is 0 Å². The van der Waals surface area contributed by atoms with Gasteiger partial charge in [-0.3, -0.25) is 0 Å². The Morgan fingerprint density at radius 3 is 0.800 bits per heavy atom. The van der Waals surface area contributed by atoms with Crippen LogP contribution in [0.2, 0.25) is 0 Å². The Bertz CT molecular complexity index is 48.3. The summed E-state index contributed by atoms with van der Waals surface area (Å²) in [7, 11) is 10.5. The Morgan fingerprint density at radius 1 is 0.733 bits per heavy atom. The molecule has 0 amide bonds. The van der Waals surface area contributed by atoms with E-state index in [9.17, 15) is 0 Å². The summed E-state index contributed by atoms with van der Waals surface area (Å²) in [4.78, 5) is 0. The predicted octanol–water partition coefficient (Wildman–Crippen LogP) is 3.87. The Labute approximate surface area is 114 Å². The molecule has 0 heterocycles. The van der Waals surface area contributed by atoms with E-state index < -0.39 is 0 Å². The molecule has 0 unspecified atom stereocenters. The fourth-order valence-electron chi connectivity index (χ4n) is 0. The van der Waals surface area contributed by atoms with Crippen molar-refractivity contribution in [3.63, 3.8) is 0 Å². The van der Waals surface area contributed by atoms with Gasteiger partial charge < -0.3 is 21.9 Å². The Morgan fingerprint density at radius 2 is 0.800 bits per heavy atom. The number of hydrogen-bond acceptors (Lipinski definition) is 0. The molecule has 0 spiro atoms. The van der Waals surface area contributed by atoms with Crippen LogP contribution in [-0.2, 0) is 22.4 Å². The fourth-order valence-corrected chi connectivity index (χ4v) is 0. The minimum absolute atomic E-state index is 0. The van der Waals surface area contributed by atoms with Crippen molar-refractivity contribution in [2.24, 2.45) is 0 Å². The SMILES string of the molecule is CC[C-](C)C.C[N-]C.C[N-]C.C[N-]C.[Ta]. The van der Waals surface area contributed by atoms with Gasteiger partial charge in [0.1, 0.15) is 0 Å². The number of nitrogens with zero attached hydrogens (tertiary/aromatic N) is 3. The zero-order valence-corrected chi connectivity index (χ0v) is 15.2. The van der Waals surface area contributed by atoms with E-state index >= 15 is 0 Å². The van der Waals surface area contributed by atoms with Crippen molar-refractivity contribution in [3.05, 3.63) is 21.9 Å². The van der Waals surface area contributed by atoms with E-state index in [1.165, 1.54) is 12.3 Å². The molecule has 3 nitrogen and oxygen atoms in total. The maximum absolute atomic E-state index is 3.50. The molecule has 0 rings (SSSR count). The Kier molecular flexibility index (Phi) is 92.2. The van der Waals surface area contributed by atoms with Crippen LogP contribution in [0.1, 0.15) is 27.2 Å². The molecule has 0 aliphatic carbocycles. The van der Waals surface area contributed by atoms with Gasteiger partial charge in [-0.25, -0.2) is 0 Å². The molecule has 0 aromatic carbocycles. The third kappa shape index (κ3) is 339. The van der Waals surface area contributed by atoms with Crippen molar-refractivity contribution >= 4 is 0 Å².